The summed E-state index contributed by atoms with van der Waals surface area (Å²) in [6.45, 7) is 1.50. The Balaban J connectivity index is 2.80. The summed E-state index contributed by atoms with van der Waals surface area (Å²) >= 11 is 0. The molecule has 2 nitrogen and oxygen atoms in total. The van der Waals surface area contributed by atoms with Crippen LogP contribution in [0.1, 0.15) is 22.8 Å². The second kappa shape index (κ2) is 4.36. The minimum atomic E-state index is 0.0134. The van der Waals surface area contributed by atoms with Gasteiger partial charge in [0.15, 0.2) is 5.78 Å². The summed E-state index contributed by atoms with van der Waals surface area (Å²) in [7, 11) is 0. The Morgan fingerprint density at radius 3 is 2.15 bits per heavy atom. The zero-order chi connectivity index (χ0) is 9.68. The van der Waals surface area contributed by atoms with Gasteiger partial charge in [0.2, 0.25) is 0 Å². The number of hydrogen-bond acceptors (Lipinski definition) is 2. The molecule has 0 radical (unpaired) electrons. The minimum Gasteiger partial charge on any atom is -0.298 e. The van der Waals surface area contributed by atoms with Crippen LogP contribution in [0.3, 0.4) is 0 Å². The zero-order valence-corrected chi connectivity index (χ0v) is 7.36. The van der Waals surface area contributed by atoms with E-state index in [0.717, 1.165) is 11.8 Å². The molecule has 13 heavy (non-hydrogen) atoms. The molecule has 2 heteroatoms. The lowest BCUT2D eigenvalue weighted by Crippen LogP contribution is -1.81. The van der Waals surface area contributed by atoms with Crippen molar-refractivity contribution in [1.29, 1.82) is 0 Å². The van der Waals surface area contributed by atoms with Crippen LogP contribution in [0.25, 0.3) is 6.08 Å². The van der Waals surface area contributed by atoms with Crippen LogP contribution in [0.15, 0.2) is 30.3 Å². The molecule has 0 heterocycles. The highest BCUT2D eigenvalue weighted by Gasteiger charge is 1.89. The van der Waals surface area contributed by atoms with Crippen LogP contribution in [0.4, 0.5) is 0 Å². The van der Waals surface area contributed by atoms with E-state index in [0.29, 0.717) is 5.56 Å². The first kappa shape index (κ1) is 9.39. The van der Waals surface area contributed by atoms with Crippen LogP contribution in [0.5, 0.6) is 0 Å². The van der Waals surface area contributed by atoms with Crippen molar-refractivity contribution in [3.63, 3.8) is 0 Å². The lowest BCUT2D eigenvalue weighted by atomic mass is 10.1. The van der Waals surface area contributed by atoms with Crippen molar-refractivity contribution in [2.24, 2.45) is 0 Å². The van der Waals surface area contributed by atoms with Gasteiger partial charge in [0, 0.05) is 5.56 Å². The smallest absolute Gasteiger partial charge is 0.152 e. The number of carbonyl (C=O) groups excluding carboxylic acids is 2. The summed E-state index contributed by atoms with van der Waals surface area (Å²) in [5.74, 6) is 0.0134. The first-order chi connectivity index (χ1) is 6.22. The van der Waals surface area contributed by atoms with Gasteiger partial charge in [-0.15, -0.1) is 0 Å². The van der Waals surface area contributed by atoms with E-state index in [4.69, 9.17) is 0 Å². The molecule has 0 spiro atoms. The van der Waals surface area contributed by atoms with Gasteiger partial charge in [0.1, 0.15) is 6.29 Å². The summed E-state index contributed by atoms with van der Waals surface area (Å²) in [6.07, 6.45) is 4.01. The van der Waals surface area contributed by atoms with Gasteiger partial charge in [-0.2, -0.15) is 0 Å². The third kappa shape index (κ3) is 3.03. The highest BCUT2D eigenvalue weighted by Crippen LogP contribution is 2.04. The maximum atomic E-state index is 10.6. The van der Waals surface area contributed by atoms with Crippen molar-refractivity contribution in [3.8, 4) is 0 Å². The van der Waals surface area contributed by atoms with E-state index in [1.165, 1.54) is 13.0 Å². The van der Waals surface area contributed by atoms with E-state index in [-0.39, 0.29) is 5.78 Å². The normalized spacial score (nSPS) is 10.2. The van der Waals surface area contributed by atoms with Gasteiger partial charge in [0.25, 0.3) is 0 Å². The van der Waals surface area contributed by atoms with E-state index in [1.807, 2.05) is 0 Å². The first-order valence-corrected chi connectivity index (χ1v) is 3.96. The topological polar surface area (TPSA) is 34.1 Å². The van der Waals surface area contributed by atoms with E-state index in [2.05, 4.69) is 0 Å². The molecule has 0 N–H and O–H groups in total. The Hall–Kier alpha value is -1.70. The average molecular weight is 174 g/mol. The monoisotopic (exact) mass is 174 g/mol. The maximum Gasteiger partial charge on any atom is 0.152 e. The quantitative estimate of drug-likeness (QED) is 0.519. The van der Waals surface area contributed by atoms with E-state index in [1.54, 1.807) is 30.3 Å². The van der Waals surface area contributed by atoms with Crippen molar-refractivity contribution < 1.29 is 9.59 Å². The highest BCUT2D eigenvalue weighted by atomic mass is 16.1. The molecule has 1 rings (SSSR count). The van der Waals surface area contributed by atoms with Crippen LogP contribution >= 0.6 is 0 Å². The number of benzene rings is 1. The second-order valence-electron chi connectivity index (χ2n) is 2.73. The Bertz CT molecular complexity index is 334. The molecule has 0 aliphatic rings. The van der Waals surface area contributed by atoms with Crippen molar-refractivity contribution in [3.05, 3.63) is 41.5 Å². The number of hydrogen-bond donors (Lipinski definition) is 0. The van der Waals surface area contributed by atoms with Crippen LogP contribution in [0.2, 0.25) is 0 Å². The molecule has 0 atom stereocenters. The van der Waals surface area contributed by atoms with Gasteiger partial charge in [-0.3, -0.25) is 9.59 Å². The molecule has 0 aliphatic carbocycles. The van der Waals surface area contributed by atoms with Gasteiger partial charge in [-0.25, -0.2) is 0 Å². The fourth-order valence-corrected chi connectivity index (χ4v) is 0.899. The Kier molecular flexibility index (Phi) is 3.15. The standard InChI is InChI=1S/C11H10O2/c1-9(13)2-3-10-4-6-11(8-12)7-5-10/h2-8H,1H3/b3-2+. The number of aldehydes is 1. The zero-order valence-electron chi connectivity index (χ0n) is 7.36. The van der Waals surface area contributed by atoms with Gasteiger partial charge in [-0.1, -0.05) is 30.3 Å². The largest absolute Gasteiger partial charge is 0.298 e. The lowest BCUT2D eigenvalue weighted by molar-refractivity contribution is -0.112. The van der Waals surface area contributed by atoms with Crippen LogP contribution in [-0.2, 0) is 4.79 Å². The van der Waals surface area contributed by atoms with Gasteiger partial charge >= 0.3 is 0 Å². The predicted molar refractivity (Wildman–Crippen MR) is 51.5 cm³/mol. The highest BCUT2D eigenvalue weighted by molar-refractivity contribution is 5.91. The number of rotatable bonds is 3. The average Bonchev–Trinajstić information content (AvgIpc) is 2.15. The summed E-state index contributed by atoms with van der Waals surface area (Å²) in [5, 5.41) is 0. The van der Waals surface area contributed by atoms with Crippen molar-refractivity contribution in [1.82, 2.24) is 0 Å². The van der Waals surface area contributed by atoms with E-state index < -0.39 is 0 Å². The SMILES string of the molecule is CC(=O)/C=C/c1ccc(C=O)cc1. The maximum absolute atomic E-state index is 10.6. The Morgan fingerprint density at radius 2 is 1.69 bits per heavy atom. The molecule has 0 aromatic heterocycles. The Morgan fingerprint density at radius 1 is 1.15 bits per heavy atom. The molecule has 0 amide bonds. The molecular formula is C11H10O2. The summed E-state index contributed by atoms with van der Waals surface area (Å²) in [5.41, 5.74) is 1.56. The van der Waals surface area contributed by atoms with E-state index in [9.17, 15) is 9.59 Å². The number of allylic oxidation sites excluding steroid dienone is 1. The number of ketones is 1. The predicted octanol–water partition coefficient (Wildman–Crippen LogP) is 2.10. The molecule has 1 aromatic carbocycles. The third-order valence-electron chi connectivity index (χ3n) is 1.58. The fraction of sp³-hybridized carbons (Fsp3) is 0.0909. The van der Waals surface area contributed by atoms with Crippen LogP contribution < -0.4 is 0 Å². The summed E-state index contributed by atoms with van der Waals surface area (Å²) in [4.78, 5) is 20.9. The molecule has 1 aromatic rings. The first-order valence-electron chi connectivity index (χ1n) is 3.96. The molecule has 0 fully saturated rings. The minimum absolute atomic E-state index is 0.0134. The molecule has 0 saturated carbocycles. The summed E-state index contributed by atoms with van der Waals surface area (Å²) < 4.78 is 0. The fourth-order valence-electron chi connectivity index (χ4n) is 0.899. The van der Waals surface area contributed by atoms with E-state index >= 15 is 0 Å². The van der Waals surface area contributed by atoms with Crippen molar-refractivity contribution in [2.75, 3.05) is 0 Å². The Labute approximate surface area is 76.9 Å². The molecule has 66 valence electrons. The third-order valence-corrected chi connectivity index (χ3v) is 1.58. The van der Waals surface area contributed by atoms with Gasteiger partial charge in [0.05, 0.1) is 0 Å². The summed E-state index contributed by atoms with van der Waals surface area (Å²) in [6, 6.07) is 7.02. The molecule has 0 unspecified atom stereocenters. The van der Waals surface area contributed by atoms with Crippen LogP contribution in [-0.4, -0.2) is 12.1 Å². The van der Waals surface area contributed by atoms with Crippen molar-refractivity contribution >= 4 is 18.1 Å². The van der Waals surface area contributed by atoms with Crippen molar-refractivity contribution in [2.45, 2.75) is 6.92 Å². The van der Waals surface area contributed by atoms with Gasteiger partial charge in [-0.05, 0) is 18.6 Å². The lowest BCUT2D eigenvalue weighted by Gasteiger charge is -1.92. The second-order valence-corrected chi connectivity index (χ2v) is 2.73. The molecule has 0 aliphatic heterocycles. The molecular weight excluding hydrogens is 164 g/mol. The number of carbonyl (C=O) groups is 2. The molecule has 0 saturated heterocycles. The molecule has 0 bridgehead atoms. The van der Waals surface area contributed by atoms with Crippen LogP contribution in [0, 0.1) is 0 Å². The van der Waals surface area contributed by atoms with Gasteiger partial charge < -0.3 is 0 Å².